The van der Waals surface area contributed by atoms with E-state index in [1.54, 1.807) is 0 Å². The van der Waals surface area contributed by atoms with Crippen LogP contribution in [0.2, 0.25) is 0 Å². The van der Waals surface area contributed by atoms with Gasteiger partial charge >= 0.3 is 5.97 Å². The van der Waals surface area contributed by atoms with E-state index >= 15 is 0 Å². The van der Waals surface area contributed by atoms with Gasteiger partial charge in [0.1, 0.15) is 5.03 Å². The highest BCUT2D eigenvalue weighted by atomic mass is 32.2. The number of fused-ring (bicyclic) bond motifs is 1. The SMILES string of the molecule is O=C(O)c1ccnnc1Sc1ccc2c(c1)OCCCO2. The Hall–Kier alpha value is -2.28. The molecule has 1 aromatic carbocycles. The van der Waals surface area contributed by atoms with Crippen LogP contribution >= 0.6 is 11.8 Å². The van der Waals surface area contributed by atoms with E-state index in [0.717, 1.165) is 11.3 Å². The molecule has 0 saturated heterocycles. The third kappa shape index (κ3) is 3.08. The molecule has 1 aromatic heterocycles. The zero-order valence-corrected chi connectivity index (χ0v) is 11.8. The number of benzene rings is 1. The normalized spacial score (nSPS) is 13.5. The van der Waals surface area contributed by atoms with Crippen molar-refractivity contribution < 1.29 is 19.4 Å². The topological polar surface area (TPSA) is 81.5 Å². The lowest BCUT2D eigenvalue weighted by Gasteiger charge is -2.09. The van der Waals surface area contributed by atoms with Gasteiger partial charge in [-0.1, -0.05) is 11.8 Å². The second kappa shape index (κ2) is 6.01. The van der Waals surface area contributed by atoms with Crippen LogP contribution < -0.4 is 9.47 Å². The fourth-order valence-corrected chi connectivity index (χ4v) is 2.75. The number of aromatic carboxylic acids is 1. The van der Waals surface area contributed by atoms with Crippen LogP contribution in [0.25, 0.3) is 0 Å². The number of nitrogens with zero attached hydrogens (tertiary/aromatic N) is 2. The number of hydrogen-bond donors (Lipinski definition) is 1. The summed E-state index contributed by atoms with van der Waals surface area (Å²) in [5.74, 6) is 0.342. The van der Waals surface area contributed by atoms with Gasteiger partial charge in [-0.25, -0.2) is 4.79 Å². The third-order valence-electron chi connectivity index (χ3n) is 2.85. The summed E-state index contributed by atoms with van der Waals surface area (Å²) < 4.78 is 11.2. The van der Waals surface area contributed by atoms with E-state index < -0.39 is 5.97 Å². The van der Waals surface area contributed by atoms with Gasteiger partial charge in [-0.15, -0.1) is 5.10 Å². The summed E-state index contributed by atoms with van der Waals surface area (Å²) in [6.45, 7) is 1.24. The fraction of sp³-hybridized carbons (Fsp3) is 0.214. The summed E-state index contributed by atoms with van der Waals surface area (Å²) in [6, 6.07) is 6.92. The number of rotatable bonds is 3. The van der Waals surface area contributed by atoms with Crippen molar-refractivity contribution in [3.8, 4) is 11.5 Å². The molecule has 0 fully saturated rings. The van der Waals surface area contributed by atoms with E-state index in [-0.39, 0.29) is 5.56 Å². The molecule has 6 nitrogen and oxygen atoms in total. The van der Waals surface area contributed by atoms with Crippen molar-refractivity contribution in [1.29, 1.82) is 0 Å². The minimum Gasteiger partial charge on any atom is -0.490 e. The average Bonchev–Trinajstić information content (AvgIpc) is 2.72. The minimum absolute atomic E-state index is 0.127. The molecular formula is C14H12N2O4S. The van der Waals surface area contributed by atoms with Crippen molar-refractivity contribution in [3.63, 3.8) is 0 Å². The van der Waals surface area contributed by atoms with E-state index in [1.807, 2.05) is 18.2 Å². The van der Waals surface area contributed by atoms with Crippen LogP contribution in [0.15, 0.2) is 40.4 Å². The lowest BCUT2D eigenvalue weighted by Crippen LogP contribution is -2.01. The maximum absolute atomic E-state index is 11.2. The van der Waals surface area contributed by atoms with Crippen molar-refractivity contribution >= 4 is 17.7 Å². The Morgan fingerprint density at radius 2 is 2.00 bits per heavy atom. The Morgan fingerprint density at radius 1 is 1.19 bits per heavy atom. The van der Waals surface area contributed by atoms with Gasteiger partial charge in [0, 0.05) is 11.3 Å². The average molecular weight is 304 g/mol. The molecule has 7 heteroatoms. The zero-order valence-electron chi connectivity index (χ0n) is 11.0. The van der Waals surface area contributed by atoms with Crippen molar-refractivity contribution in [2.45, 2.75) is 16.3 Å². The molecule has 0 spiro atoms. The summed E-state index contributed by atoms with van der Waals surface area (Å²) in [5, 5.41) is 17.1. The summed E-state index contributed by atoms with van der Waals surface area (Å²) in [6.07, 6.45) is 2.20. The molecule has 1 aliphatic heterocycles. The van der Waals surface area contributed by atoms with Gasteiger partial charge in [-0.2, -0.15) is 5.10 Å². The lowest BCUT2D eigenvalue weighted by atomic mass is 10.3. The predicted molar refractivity (Wildman–Crippen MR) is 75.2 cm³/mol. The molecule has 1 aliphatic rings. The molecule has 1 N–H and O–H groups in total. The second-order valence-electron chi connectivity index (χ2n) is 4.32. The first kappa shape index (κ1) is 13.7. The Labute approximate surface area is 125 Å². The van der Waals surface area contributed by atoms with Gasteiger partial charge in [0.2, 0.25) is 0 Å². The number of hydrogen-bond acceptors (Lipinski definition) is 6. The van der Waals surface area contributed by atoms with E-state index in [9.17, 15) is 4.79 Å². The highest BCUT2D eigenvalue weighted by Crippen LogP contribution is 2.36. The molecule has 2 heterocycles. The van der Waals surface area contributed by atoms with Gasteiger partial charge < -0.3 is 14.6 Å². The van der Waals surface area contributed by atoms with E-state index in [4.69, 9.17) is 14.6 Å². The number of carboxylic acids is 1. The molecular weight excluding hydrogens is 292 g/mol. The molecule has 0 radical (unpaired) electrons. The Balaban J connectivity index is 1.89. The van der Waals surface area contributed by atoms with Crippen LogP contribution in [-0.4, -0.2) is 34.5 Å². The monoisotopic (exact) mass is 304 g/mol. The molecule has 0 atom stereocenters. The number of ether oxygens (including phenoxy) is 2. The van der Waals surface area contributed by atoms with Crippen molar-refractivity contribution in [1.82, 2.24) is 10.2 Å². The largest absolute Gasteiger partial charge is 0.490 e. The molecule has 0 amide bonds. The Kier molecular flexibility index (Phi) is 3.92. The predicted octanol–water partition coefficient (Wildman–Crippen LogP) is 2.49. The number of aromatic nitrogens is 2. The van der Waals surface area contributed by atoms with Crippen molar-refractivity contribution in [2.24, 2.45) is 0 Å². The maximum Gasteiger partial charge on any atom is 0.338 e. The van der Waals surface area contributed by atoms with E-state index in [2.05, 4.69) is 10.2 Å². The highest BCUT2D eigenvalue weighted by molar-refractivity contribution is 7.99. The van der Waals surface area contributed by atoms with Gasteiger partial charge in [0.25, 0.3) is 0 Å². The van der Waals surface area contributed by atoms with Gasteiger partial charge in [-0.3, -0.25) is 0 Å². The minimum atomic E-state index is -1.03. The summed E-state index contributed by atoms with van der Waals surface area (Å²) in [4.78, 5) is 12.0. The molecule has 2 aromatic rings. The van der Waals surface area contributed by atoms with Crippen molar-refractivity contribution in [3.05, 3.63) is 36.0 Å². The van der Waals surface area contributed by atoms with Crippen LogP contribution in [0.3, 0.4) is 0 Å². The first-order valence-corrected chi connectivity index (χ1v) is 7.18. The van der Waals surface area contributed by atoms with Crippen LogP contribution in [0.4, 0.5) is 0 Å². The number of carboxylic acid groups (broad SMARTS) is 1. The Bertz CT molecular complexity index is 678. The molecule has 0 saturated carbocycles. The smallest absolute Gasteiger partial charge is 0.338 e. The highest BCUT2D eigenvalue weighted by Gasteiger charge is 2.15. The second-order valence-corrected chi connectivity index (χ2v) is 5.38. The quantitative estimate of drug-likeness (QED) is 0.932. The molecule has 0 bridgehead atoms. The van der Waals surface area contributed by atoms with Crippen LogP contribution in [0.1, 0.15) is 16.8 Å². The molecule has 21 heavy (non-hydrogen) atoms. The standard InChI is InChI=1S/C14H12N2O4S/c17-14(18)10-4-5-15-16-13(10)21-9-2-3-11-12(8-9)20-7-1-6-19-11/h2-5,8H,1,6-7H2,(H,17,18). The summed E-state index contributed by atoms with van der Waals surface area (Å²) >= 11 is 1.23. The van der Waals surface area contributed by atoms with Crippen molar-refractivity contribution in [2.75, 3.05) is 13.2 Å². The number of carbonyl (C=O) groups is 1. The zero-order chi connectivity index (χ0) is 14.7. The lowest BCUT2D eigenvalue weighted by molar-refractivity contribution is 0.0692. The summed E-state index contributed by atoms with van der Waals surface area (Å²) in [7, 11) is 0. The molecule has 3 rings (SSSR count). The molecule has 0 aliphatic carbocycles. The maximum atomic E-state index is 11.2. The third-order valence-corrected chi connectivity index (χ3v) is 3.84. The van der Waals surface area contributed by atoms with Gasteiger partial charge in [-0.05, 0) is 24.3 Å². The van der Waals surface area contributed by atoms with E-state index in [0.29, 0.717) is 29.7 Å². The van der Waals surface area contributed by atoms with Crippen LogP contribution in [0, 0.1) is 0 Å². The van der Waals surface area contributed by atoms with Crippen LogP contribution in [0.5, 0.6) is 11.5 Å². The van der Waals surface area contributed by atoms with Gasteiger partial charge in [0.05, 0.1) is 25.0 Å². The van der Waals surface area contributed by atoms with Gasteiger partial charge in [0.15, 0.2) is 11.5 Å². The fourth-order valence-electron chi connectivity index (χ4n) is 1.88. The summed E-state index contributed by atoms with van der Waals surface area (Å²) in [5.41, 5.74) is 0.127. The Morgan fingerprint density at radius 3 is 2.81 bits per heavy atom. The molecule has 108 valence electrons. The molecule has 0 unspecified atom stereocenters. The van der Waals surface area contributed by atoms with Crippen LogP contribution in [-0.2, 0) is 0 Å². The van der Waals surface area contributed by atoms with E-state index in [1.165, 1.54) is 24.0 Å². The first-order chi connectivity index (χ1) is 10.2. The first-order valence-electron chi connectivity index (χ1n) is 6.36.